The van der Waals surface area contributed by atoms with Crippen LogP contribution in [0.3, 0.4) is 0 Å². The Morgan fingerprint density at radius 1 is 1.11 bits per heavy atom. The van der Waals surface area contributed by atoms with Crippen molar-refractivity contribution >= 4 is 0 Å². The molecule has 1 N–H and O–H groups in total. The molecule has 0 bridgehead atoms. The van der Waals surface area contributed by atoms with E-state index in [1.807, 2.05) is 12.4 Å². The molecule has 3 heterocycles. The van der Waals surface area contributed by atoms with Gasteiger partial charge in [0.05, 0.1) is 0 Å². The van der Waals surface area contributed by atoms with Gasteiger partial charge in [-0.3, -0.25) is 14.8 Å². The third-order valence-electron chi connectivity index (χ3n) is 6.38. The summed E-state index contributed by atoms with van der Waals surface area (Å²) >= 11 is 0. The lowest BCUT2D eigenvalue weighted by atomic mass is 9.94. The van der Waals surface area contributed by atoms with Crippen molar-refractivity contribution in [1.29, 1.82) is 0 Å². The van der Waals surface area contributed by atoms with Crippen LogP contribution in [0.2, 0.25) is 0 Å². The van der Waals surface area contributed by atoms with E-state index in [-0.39, 0.29) is 0 Å². The molecule has 2 aliphatic rings. The molecule has 4 heteroatoms. The van der Waals surface area contributed by atoms with Gasteiger partial charge in [0.15, 0.2) is 0 Å². The van der Waals surface area contributed by atoms with Crippen LogP contribution in [0.15, 0.2) is 54.9 Å². The molecule has 4 nitrogen and oxygen atoms in total. The Morgan fingerprint density at radius 3 is 2.74 bits per heavy atom. The standard InChI is InChI=1S/C23H32N4/c1-18-15-27(16-19-7-4-3-5-8-19)17-22(18)25-14-21-10-12-26(2)23(21)20-9-6-11-24-13-20/h3-9,11,13,18,21-23,25H,10,12,14-17H2,1-2H3/t18-,21-,22-,23-/m0/s1. The minimum absolute atomic E-state index is 0.489. The summed E-state index contributed by atoms with van der Waals surface area (Å²) in [4.78, 5) is 9.43. The minimum Gasteiger partial charge on any atom is -0.312 e. The summed E-state index contributed by atoms with van der Waals surface area (Å²) in [5, 5.41) is 3.92. The van der Waals surface area contributed by atoms with E-state index < -0.39 is 0 Å². The fourth-order valence-electron chi connectivity index (χ4n) is 4.92. The summed E-state index contributed by atoms with van der Waals surface area (Å²) in [5.74, 6) is 1.36. The lowest BCUT2D eigenvalue weighted by molar-refractivity contribution is 0.263. The summed E-state index contributed by atoms with van der Waals surface area (Å²) < 4.78 is 0. The molecule has 0 amide bonds. The number of nitrogens with zero attached hydrogens (tertiary/aromatic N) is 3. The summed E-state index contributed by atoms with van der Waals surface area (Å²) in [5.41, 5.74) is 2.77. The first kappa shape index (κ1) is 18.6. The van der Waals surface area contributed by atoms with Crippen molar-refractivity contribution in [2.75, 3.05) is 33.2 Å². The van der Waals surface area contributed by atoms with Crippen LogP contribution in [0, 0.1) is 11.8 Å². The smallest absolute Gasteiger partial charge is 0.0401 e. The van der Waals surface area contributed by atoms with Crippen LogP contribution >= 0.6 is 0 Å². The molecule has 1 aromatic carbocycles. The fourth-order valence-corrected chi connectivity index (χ4v) is 4.92. The molecule has 1 aromatic heterocycles. The van der Waals surface area contributed by atoms with E-state index in [0.29, 0.717) is 23.9 Å². The first-order chi connectivity index (χ1) is 13.2. The molecule has 0 aliphatic carbocycles. The third kappa shape index (κ3) is 4.40. The second-order valence-electron chi connectivity index (χ2n) is 8.43. The molecule has 0 spiro atoms. The van der Waals surface area contributed by atoms with Gasteiger partial charge in [-0.05, 0) is 49.0 Å². The predicted molar refractivity (Wildman–Crippen MR) is 110 cm³/mol. The Bertz CT molecular complexity index is 705. The average molecular weight is 365 g/mol. The minimum atomic E-state index is 0.489. The van der Waals surface area contributed by atoms with Crippen molar-refractivity contribution in [3.8, 4) is 0 Å². The van der Waals surface area contributed by atoms with Crippen LogP contribution in [-0.2, 0) is 6.54 Å². The zero-order valence-corrected chi connectivity index (χ0v) is 16.6. The van der Waals surface area contributed by atoms with E-state index >= 15 is 0 Å². The number of pyridine rings is 1. The Labute approximate surface area is 163 Å². The third-order valence-corrected chi connectivity index (χ3v) is 6.38. The number of benzene rings is 1. The molecular weight excluding hydrogens is 332 g/mol. The zero-order valence-electron chi connectivity index (χ0n) is 16.6. The van der Waals surface area contributed by atoms with Gasteiger partial charge < -0.3 is 5.32 Å². The summed E-state index contributed by atoms with van der Waals surface area (Å²) in [6.07, 6.45) is 5.17. The fraction of sp³-hybridized carbons (Fsp3) is 0.522. The first-order valence-corrected chi connectivity index (χ1v) is 10.3. The molecular formula is C23H32N4. The maximum absolute atomic E-state index is 4.34. The Hall–Kier alpha value is -1.75. The van der Waals surface area contributed by atoms with Crippen LogP contribution in [-0.4, -0.2) is 54.1 Å². The predicted octanol–water partition coefficient (Wildman–Crippen LogP) is 3.18. The summed E-state index contributed by atoms with van der Waals surface area (Å²) in [7, 11) is 2.25. The van der Waals surface area contributed by atoms with E-state index in [1.54, 1.807) is 0 Å². The molecule has 2 saturated heterocycles. The number of hydrogen-bond acceptors (Lipinski definition) is 4. The van der Waals surface area contributed by atoms with E-state index in [2.05, 4.69) is 76.5 Å². The van der Waals surface area contributed by atoms with Crippen molar-refractivity contribution in [3.05, 3.63) is 66.0 Å². The van der Waals surface area contributed by atoms with Gasteiger partial charge >= 0.3 is 0 Å². The highest BCUT2D eigenvalue weighted by Crippen LogP contribution is 2.35. The van der Waals surface area contributed by atoms with Gasteiger partial charge in [0.2, 0.25) is 0 Å². The maximum atomic E-state index is 4.34. The molecule has 27 heavy (non-hydrogen) atoms. The van der Waals surface area contributed by atoms with Crippen molar-refractivity contribution in [2.24, 2.45) is 11.8 Å². The van der Waals surface area contributed by atoms with Gasteiger partial charge in [-0.1, -0.05) is 43.3 Å². The van der Waals surface area contributed by atoms with Crippen molar-refractivity contribution in [1.82, 2.24) is 20.1 Å². The van der Waals surface area contributed by atoms with Gasteiger partial charge in [0, 0.05) is 50.7 Å². The summed E-state index contributed by atoms with van der Waals surface area (Å²) in [6, 6.07) is 16.2. The Kier molecular flexibility index (Phi) is 5.86. The number of nitrogens with one attached hydrogen (secondary N) is 1. The first-order valence-electron chi connectivity index (χ1n) is 10.3. The maximum Gasteiger partial charge on any atom is 0.0401 e. The molecule has 4 rings (SSSR count). The number of rotatable bonds is 6. The highest BCUT2D eigenvalue weighted by molar-refractivity contribution is 5.17. The molecule has 144 valence electrons. The van der Waals surface area contributed by atoms with E-state index in [9.17, 15) is 0 Å². The normalized spacial score (nSPS) is 29.4. The lowest BCUT2D eigenvalue weighted by Gasteiger charge is -2.27. The molecule has 2 aromatic rings. The number of likely N-dealkylation sites (tertiary alicyclic amines) is 2. The van der Waals surface area contributed by atoms with E-state index in [1.165, 1.54) is 30.6 Å². The zero-order chi connectivity index (χ0) is 18.6. The van der Waals surface area contributed by atoms with E-state index in [4.69, 9.17) is 0 Å². The van der Waals surface area contributed by atoms with E-state index in [0.717, 1.165) is 19.6 Å². The van der Waals surface area contributed by atoms with Crippen LogP contribution in [0.25, 0.3) is 0 Å². The SMILES string of the molecule is C[C@H]1CN(Cc2ccccc2)C[C@@H]1NC[C@@H]1CCN(C)[C@H]1c1cccnc1. The van der Waals surface area contributed by atoms with Crippen molar-refractivity contribution < 1.29 is 0 Å². The Balaban J connectivity index is 1.33. The molecule has 0 unspecified atom stereocenters. The molecule has 2 fully saturated rings. The second-order valence-corrected chi connectivity index (χ2v) is 8.43. The summed E-state index contributed by atoms with van der Waals surface area (Å²) in [6.45, 7) is 8.06. The van der Waals surface area contributed by atoms with Crippen LogP contribution < -0.4 is 5.32 Å². The van der Waals surface area contributed by atoms with Gasteiger partial charge in [0.25, 0.3) is 0 Å². The topological polar surface area (TPSA) is 31.4 Å². The van der Waals surface area contributed by atoms with Crippen LogP contribution in [0.4, 0.5) is 0 Å². The quantitative estimate of drug-likeness (QED) is 0.853. The van der Waals surface area contributed by atoms with Crippen LogP contribution in [0.1, 0.15) is 30.5 Å². The van der Waals surface area contributed by atoms with Crippen molar-refractivity contribution in [3.63, 3.8) is 0 Å². The van der Waals surface area contributed by atoms with Gasteiger partial charge in [-0.15, -0.1) is 0 Å². The van der Waals surface area contributed by atoms with Gasteiger partial charge in [0.1, 0.15) is 0 Å². The molecule has 0 radical (unpaired) electrons. The average Bonchev–Trinajstić information content (AvgIpc) is 3.23. The van der Waals surface area contributed by atoms with Gasteiger partial charge in [-0.2, -0.15) is 0 Å². The second kappa shape index (κ2) is 8.51. The molecule has 4 atom stereocenters. The Morgan fingerprint density at radius 2 is 1.96 bits per heavy atom. The largest absolute Gasteiger partial charge is 0.312 e. The molecule has 2 aliphatic heterocycles. The lowest BCUT2D eigenvalue weighted by Crippen LogP contribution is -2.39. The highest BCUT2D eigenvalue weighted by atomic mass is 15.2. The molecule has 0 saturated carbocycles. The van der Waals surface area contributed by atoms with Crippen LogP contribution in [0.5, 0.6) is 0 Å². The monoisotopic (exact) mass is 364 g/mol. The highest BCUT2D eigenvalue weighted by Gasteiger charge is 2.35. The van der Waals surface area contributed by atoms with Gasteiger partial charge in [-0.25, -0.2) is 0 Å². The van der Waals surface area contributed by atoms with Crippen molar-refractivity contribution in [2.45, 2.75) is 32.0 Å². The number of hydrogen-bond donors (Lipinski definition) is 1. The number of aromatic nitrogens is 1.